The Balaban J connectivity index is 1.40. The van der Waals surface area contributed by atoms with Crippen LogP contribution in [0.3, 0.4) is 0 Å². The third-order valence-corrected chi connectivity index (χ3v) is 4.03. The molecule has 1 saturated heterocycles. The maximum absolute atomic E-state index is 13.7. The molecule has 0 saturated carbocycles. The Labute approximate surface area is 136 Å². The van der Waals surface area contributed by atoms with Crippen molar-refractivity contribution in [1.29, 1.82) is 0 Å². The quantitative estimate of drug-likeness (QED) is 0.797. The Morgan fingerprint density at radius 2 is 1.91 bits per heavy atom. The summed E-state index contributed by atoms with van der Waals surface area (Å²) in [5.41, 5.74) is 0.506. The third kappa shape index (κ3) is 4.64. The summed E-state index contributed by atoms with van der Waals surface area (Å²) in [5, 5.41) is 3.38. The van der Waals surface area contributed by atoms with E-state index in [2.05, 4.69) is 10.2 Å². The average Bonchev–Trinajstić information content (AvgIpc) is 3.04. The molecular weight excluding hydrogens is 295 g/mol. The first-order valence-electron chi connectivity index (χ1n) is 8.17. The number of hydrogen-bond donors (Lipinski definition) is 1. The fourth-order valence-electron chi connectivity index (χ4n) is 2.74. The van der Waals surface area contributed by atoms with Gasteiger partial charge in [-0.3, -0.25) is 4.90 Å². The number of furan rings is 1. The van der Waals surface area contributed by atoms with E-state index in [1.165, 1.54) is 6.07 Å². The SMILES string of the molecule is Fc1ccccc1-c1ccc(CNCCCN2CCOCC2)o1. The maximum atomic E-state index is 13.7. The number of benzene rings is 1. The molecule has 0 unspecified atom stereocenters. The first-order valence-corrected chi connectivity index (χ1v) is 8.17. The smallest absolute Gasteiger partial charge is 0.137 e. The van der Waals surface area contributed by atoms with Gasteiger partial charge < -0.3 is 14.5 Å². The van der Waals surface area contributed by atoms with Gasteiger partial charge in [0.1, 0.15) is 17.3 Å². The van der Waals surface area contributed by atoms with E-state index in [4.69, 9.17) is 9.15 Å². The van der Waals surface area contributed by atoms with Crippen molar-refractivity contribution < 1.29 is 13.5 Å². The lowest BCUT2D eigenvalue weighted by Crippen LogP contribution is -2.37. The van der Waals surface area contributed by atoms with Crippen LogP contribution < -0.4 is 5.32 Å². The molecule has 1 aromatic carbocycles. The fourth-order valence-corrected chi connectivity index (χ4v) is 2.74. The third-order valence-electron chi connectivity index (χ3n) is 4.03. The van der Waals surface area contributed by atoms with Crippen molar-refractivity contribution in [2.75, 3.05) is 39.4 Å². The minimum Gasteiger partial charge on any atom is -0.460 e. The van der Waals surface area contributed by atoms with Crippen LogP contribution in [0.15, 0.2) is 40.8 Å². The number of rotatable bonds is 7. The Hall–Kier alpha value is -1.69. The van der Waals surface area contributed by atoms with E-state index in [0.29, 0.717) is 17.9 Å². The van der Waals surface area contributed by atoms with Gasteiger partial charge in [0.25, 0.3) is 0 Å². The second-order valence-electron chi connectivity index (χ2n) is 5.73. The molecule has 0 atom stereocenters. The first-order chi connectivity index (χ1) is 11.3. The summed E-state index contributed by atoms with van der Waals surface area (Å²) in [4.78, 5) is 2.42. The van der Waals surface area contributed by atoms with Crippen molar-refractivity contribution in [3.63, 3.8) is 0 Å². The van der Waals surface area contributed by atoms with Gasteiger partial charge in [0.05, 0.1) is 25.3 Å². The summed E-state index contributed by atoms with van der Waals surface area (Å²) in [7, 11) is 0. The molecule has 0 amide bonds. The molecule has 1 aliphatic rings. The van der Waals surface area contributed by atoms with Crippen molar-refractivity contribution in [1.82, 2.24) is 10.2 Å². The van der Waals surface area contributed by atoms with Crippen molar-refractivity contribution in [2.45, 2.75) is 13.0 Å². The zero-order valence-electron chi connectivity index (χ0n) is 13.3. The first kappa shape index (κ1) is 16.2. The van der Waals surface area contributed by atoms with E-state index < -0.39 is 0 Å². The molecular formula is C18H23FN2O2. The van der Waals surface area contributed by atoms with Crippen molar-refractivity contribution in [3.05, 3.63) is 48.0 Å². The molecule has 1 aliphatic heterocycles. The van der Waals surface area contributed by atoms with Crippen LogP contribution in [-0.4, -0.2) is 44.3 Å². The van der Waals surface area contributed by atoms with E-state index >= 15 is 0 Å². The Morgan fingerprint density at radius 1 is 1.09 bits per heavy atom. The van der Waals surface area contributed by atoms with Gasteiger partial charge in [-0.1, -0.05) is 12.1 Å². The van der Waals surface area contributed by atoms with Gasteiger partial charge in [-0.25, -0.2) is 4.39 Å². The Morgan fingerprint density at radius 3 is 2.74 bits per heavy atom. The average molecular weight is 318 g/mol. The van der Waals surface area contributed by atoms with Crippen LogP contribution in [0.5, 0.6) is 0 Å². The van der Waals surface area contributed by atoms with Crippen molar-refractivity contribution >= 4 is 0 Å². The zero-order chi connectivity index (χ0) is 15.9. The number of halogens is 1. The Kier molecular flexibility index (Phi) is 5.80. The number of nitrogens with one attached hydrogen (secondary N) is 1. The summed E-state index contributed by atoms with van der Waals surface area (Å²) in [6.45, 7) is 6.45. The molecule has 23 heavy (non-hydrogen) atoms. The van der Waals surface area contributed by atoms with Gasteiger partial charge in [0.2, 0.25) is 0 Å². The largest absolute Gasteiger partial charge is 0.460 e. The molecule has 0 bridgehead atoms. The van der Waals surface area contributed by atoms with E-state index in [1.54, 1.807) is 12.1 Å². The van der Waals surface area contributed by atoms with Crippen LogP contribution in [0.25, 0.3) is 11.3 Å². The lowest BCUT2D eigenvalue weighted by atomic mass is 10.1. The van der Waals surface area contributed by atoms with Gasteiger partial charge in [-0.15, -0.1) is 0 Å². The van der Waals surface area contributed by atoms with Crippen molar-refractivity contribution in [2.24, 2.45) is 0 Å². The van der Waals surface area contributed by atoms with Crippen molar-refractivity contribution in [3.8, 4) is 11.3 Å². The number of ether oxygens (including phenoxy) is 1. The second-order valence-corrected chi connectivity index (χ2v) is 5.73. The minimum absolute atomic E-state index is 0.258. The van der Waals surface area contributed by atoms with Gasteiger partial charge in [-0.2, -0.15) is 0 Å². The second kappa shape index (κ2) is 8.24. The predicted molar refractivity (Wildman–Crippen MR) is 87.7 cm³/mol. The Bertz CT molecular complexity index is 609. The summed E-state index contributed by atoms with van der Waals surface area (Å²) >= 11 is 0. The molecule has 5 heteroatoms. The van der Waals surface area contributed by atoms with Crippen LogP contribution in [0.4, 0.5) is 4.39 Å². The van der Waals surface area contributed by atoms with Crippen LogP contribution in [0.1, 0.15) is 12.2 Å². The van der Waals surface area contributed by atoms with E-state index in [-0.39, 0.29) is 5.82 Å². The summed E-state index contributed by atoms with van der Waals surface area (Å²) in [6.07, 6.45) is 1.10. The highest BCUT2D eigenvalue weighted by atomic mass is 19.1. The van der Waals surface area contributed by atoms with E-state index in [0.717, 1.165) is 51.6 Å². The summed E-state index contributed by atoms with van der Waals surface area (Å²) < 4.78 is 24.8. The fraction of sp³-hybridized carbons (Fsp3) is 0.444. The molecule has 0 aliphatic carbocycles. The standard InChI is InChI=1S/C18H23FN2O2/c19-17-5-2-1-4-16(17)18-7-6-15(23-18)14-20-8-3-9-21-10-12-22-13-11-21/h1-2,4-7,20H,3,8-14H2. The molecule has 124 valence electrons. The molecule has 1 fully saturated rings. The monoisotopic (exact) mass is 318 g/mol. The minimum atomic E-state index is -0.258. The van der Waals surface area contributed by atoms with Gasteiger partial charge in [-0.05, 0) is 43.8 Å². The lowest BCUT2D eigenvalue weighted by molar-refractivity contribution is 0.0374. The molecule has 1 aromatic heterocycles. The molecule has 0 radical (unpaired) electrons. The highest BCUT2D eigenvalue weighted by Crippen LogP contribution is 2.24. The van der Waals surface area contributed by atoms with Gasteiger partial charge in [0, 0.05) is 13.1 Å². The summed E-state index contributed by atoms with van der Waals surface area (Å²) in [6, 6.07) is 10.4. The molecule has 2 aromatic rings. The van der Waals surface area contributed by atoms with Crippen LogP contribution >= 0.6 is 0 Å². The lowest BCUT2D eigenvalue weighted by Gasteiger charge is -2.26. The number of hydrogen-bond acceptors (Lipinski definition) is 4. The number of nitrogens with zero attached hydrogens (tertiary/aromatic N) is 1. The number of morpholine rings is 1. The molecule has 2 heterocycles. The maximum Gasteiger partial charge on any atom is 0.137 e. The van der Waals surface area contributed by atoms with E-state index in [9.17, 15) is 4.39 Å². The predicted octanol–water partition coefficient (Wildman–Crippen LogP) is 2.90. The van der Waals surface area contributed by atoms with Crippen LogP contribution in [0, 0.1) is 5.82 Å². The molecule has 4 nitrogen and oxygen atoms in total. The van der Waals surface area contributed by atoms with Gasteiger partial charge >= 0.3 is 0 Å². The highest BCUT2D eigenvalue weighted by molar-refractivity contribution is 5.58. The highest BCUT2D eigenvalue weighted by Gasteiger charge is 2.10. The topological polar surface area (TPSA) is 37.6 Å². The molecule has 0 spiro atoms. The zero-order valence-corrected chi connectivity index (χ0v) is 13.3. The normalized spacial score (nSPS) is 15.9. The van der Waals surface area contributed by atoms with Crippen LogP contribution in [0.2, 0.25) is 0 Å². The van der Waals surface area contributed by atoms with Gasteiger partial charge in [0.15, 0.2) is 0 Å². The van der Waals surface area contributed by atoms with E-state index in [1.807, 2.05) is 18.2 Å². The molecule has 3 rings (SSSR count). The molecule has 1 N–H and O–H groups in total. The summed E-state index contributed by atoms with van der Waals surface area (Å²) in [5.74, 6) is 1.15. The van der Waals surface area contributed by atoms with Crippen LogP contribution in [-0.2, 0) is 11.3 Å².